The number of methoxy groups -OCH3 is 1. The van der Waals surface area contributed by atoms with Gasteiger partial charge in [-0.15, -0.1) is 24.0 Å². The molecule has 6 nitrogen and oxygen atoms in total. The Kier molecular flexibility index (Phi) is 14.0. The van der Waals surface area contributed by atoms with E-state index in [9.17, 15) is 13.2 Å². The van der Waals surface area contributed by atoms with Gasteiger partial charge in [-0.2, -0.15) is 13.2 Å². The molecule has 0 bridgehead atoms. The summed E-state index contributed by atoms with van der Waals surface area (Å²) in [5.41, 5.74) is 2.08. The molecule has 0 radical (unpaired) electrons. The van der Waals surface area contributed by atoms with E-state index in [-0.39, 0.29) is 24.0 Å². The third kappa shape index (κ3) is 12.8. The predicted octanol–water partition coefficient (Wildman–Crippen LogP) is 3.19. The van der Waals surface area contributed by atoms with E-state index in [0.29, 0.717) is 45.2 Å². The Labute approximate surface area is 188 Å². The largest absolute Gasteiger partial charge is 0.491 e. The number of nitrogens with zero attached hydrogens (tertiary/aromatic N) is 2. The highest BCUT2D eigenvalue weighted by Crippen LogP contribution is 2.20. The van der Waals surface area contributed by atoms with Gasteiger partial charge in [0.1, 0.15) is 12.4 Å². The van der Waals surface area contributed by atoms with Crippen LogP contribution in [0, 0.1) is 6.92 Å². The quantitative estimate of drug-likeness (QED) is 0.199. The van der Waals surface area contributed by atoms with Gasteiger partial charge in [-0.1, -0.05) is 12.1 Å². The predicted molar refractivity (Wildman–Crippen MR) is 120 cm³/mol. The molecular formula is C19H32F3IN4O2. The molecule has 0 aliphatic carbocycles. The minimum Gasteiger partial charge on any atom is -0.491 e. The van der Waals surface area contributed by atoms with Crippen molar-refractivity contribution in [2.45, 2.75) is 26.1 Å². The molecule has 0 fully saturated rings. The molecule has 0 unspecified atom stereocenters. The van der Waals surface area contributed by atoms with Gasteiger partial charge >= 0.3 is 6.18 Å². The Hall–Kier alpha value is -1.27. The van der Waals surface area contributed by atoms with Crippen LogP contribution in [0.4, 0.5) is 13.2 Å². The molecule has 1 aromatic carbocycles. The first-order valence-corrected chi connectivity index (χ1v) is 9.16. The Morgan fingerprint density at radius 2 is 1.93 bits per heavy atom. The van der Waals surface area contributed by atoms with Crippen LogP contribution in [0.15, 0.2) is 23.2 Å². The lowest BCUT2D eigenvalue weighted by molar-refractivity contribution is -0.143. The Morgan fingerprint density at radius 3 is 2.55 bits per heavy atom. The number of alkyl halides is 3. The van der Waals surface area contributed by atoms with Crippen molar-refractivity contribution in [1.82, 2.24) is 15.5 Å². The van der Waals surface area contributed by atoms with Crippen molar-refractivity contribution in [2.75, 3.05) is 54.1 Å². The van der Waals surface area contributed by atoms with Gasteiger partial charge in [-0.3, -0.25) is 9.89 Å². The molecule has 168 valence electrons. The highest BCUT2D eigenvalue weighted by atomic mass is 127. The first-order valence-electron chi connectivity index (χ1n) is 9.16. The van der Waals surface area contributed by atoms with Gasteiger partial charge in [0.15, 0.2) is 5.96 Å². The number of benzene rings is 1. The fourth-order valence-corrected chi connectivity index (χ4v) is 2.52. The van der Waals surface area contributed by atoms with Crippen molar-refractivity contribution in [2.24, 2.45) is 4.99 Å². The van der Waals surface area contributed by atoms with Gasteiger partial charge in [0.2, 0.25) is 0 Å². The van der Waals surface area contributed by atoms with Crippen LogP contribution in [0.3, 0.4) is 0 Å². The maximum atomic E-state index is 12.3. The Bertz CT molecular complexity index is 616. The van der Waals surface area contributed by atoms with Crippen molar-refractivity contribution in [3.63, 3.8) is 0 Å². The van der Waals surface area contributed by atoms with Crippen molar-refractivity contribution < 1.29 is 22.6 Å². The van der Waals surface area contributed by atoms with Gasteiger partial charge in [0.25, 0.3) is 0 Å². The summed E-state index contributed by atoms with van der Waals surface area (Å²) in [6.07, 6.45) is -3.60. The summed E-state index contributed by atoms with van der Waals surface area (Å²) >= 11 is 0. The molecule has 10 heteroatoms. The van der Waals surface area contributed by atoms with Crippen LogP contribution in [0.2, 0.25) is 0 Å². The van der Waals surface area contributed by atoms with E-state index in [2.05, 4.69) is 15.6 Å². The number of aliphatic imine (C=N–C) groups is 1. The summed E-state index contributed by atoms with van der Waals surface area (Å²) in [5.74, 6) is 1.37. The summed E-state index contributed by atoms with van der Waals surface area (Å²) in [6, 6.07) is 5.97. The van der Waals surface area contributed by atoms with Crippen molar-refractivity contribution in [3.05, 3.63) is 29.3 Å². The zero-order chi connectivity index (χ0) is 21.0. The molecule has 0 aromatic heterocycles. The lowest BCUT2D eigenvalue weighted by atomic mass is 10.1. The fraction of sp³-hybridized carbons (Fsp3) is 0.632. The summed E-state index contributed by atoms with van der Waals surface area (Å²) in [7, 11) is 4.73. The maximum absolute atomic E-state index is 12.3. The van der Waals surface area contributed by atoms with E-state index in [0.717, 1.165) is 16.9 Å². The van der Waals surface area contributed by atoms with E-state index in [1.165, 1.54) is 11.9 Å². The number of guanidine groups is 1. The molecule has 29 heavy (non-hydrogen) atoms. The molecule has 0 amide bonds. The van der Waals surface area contributed by atoms with E-state index in [1.54, 1.807) is 14.2 Å². The Morgan fingerprint density at radius 1 is 1.21 bits per heavy atom. The third-order valence-corrected chi connectivity index (χ3v) is 3.90. The van der Waals surface area contributed by atoms with E-state index < -0.39 is 12.7 Å². The topological polar surface area (TPSA) is 58.1 Å². The normalized spacial score (nSPS) is 11.9. The summed E-state index contributed by atoms with van der Waals surface area (Å²) in [4.78, 5) is 5.40. The van der Waals surface area contributed by atoms with Crippen LogP contribution in [-0.2, 0) is 11.3 Å². The van der Waals surface area contributed by atoms with Gasteiger partial charge < -0.3 is 20.1 Å². The molecule has 0 spiro atoms. The minimum absolute atomic E-state index is 0. The van der Waals surface area contributed by atoms with Crippen LogP contribution in [-0.4, -0.2) is 71.1 Å². The number of rotatable bonds is 11. The lowest BCUT2D eigenvalue weighted by Crippen LogP contribution is -2.39. The number of nitrogens with one attached hydrogen (secondary N) is 2. The standard InChI is InChI=1S/C19H31F3N4O2.HI/c1-15-6-7-16(17(12-15)28-11-10-27-4)13-25-18(23-2)24-8-5-9-26(3)14-19(20,21)22;/h6-7,12H,5,8-11,13-14H2,1-4H3,(H2,23,24,25);1H. The molecular weight excluding hydrogens is 500 g/mol. The highest BCUT2D eigenvalue weighted by molar-refractivity contribution is 14.0. The van der Waals surface area contributed by atoms with Gasteiger partial charge in [-0.25, -0.2) is 0 Å². The summed E-state index contributed by atoms with van der Waals surface area (Å²) in [6.45, 7) is 3.44. The zero-order valence-electron chi connectivity index (χ0n) is 17.4. The summed E-state index contributed by atoms with van der Waals surface area (Å²) < 4.78 is 47.7. The Balaban J connectivity index is 0.00000784. The van der Waals surface area contributed by atoms with Crippen LogP contribution in [0.1, 0.15) is 17.5 Å². The van der Waals surface area contributed by atoms with Crippen LogP contribution in [0.5, 0.6) is 5.75 Å². The third-order valence-electron chi connectivity index (χ3n) is 3.90. The number of hydrogen-bond donors (Lipinski definition) is 2. The second-order valence-electron chi connectivity index (χ2n) is 6.51. The van der Waals surface area contributed by atoms with Crippen LogP contribution < -0.4 is 15.4 Å². The average Bonchev–Trinajstić information content (AvgIpc) is 2.61. The molecule has 2 N–H and O–H groups in total. The molecule has 0 saturated carbocycles. The number of ether oxygens (including phenoxy) is 2. The zero-order valence-corrected chi connectivity index (χ0v) is 19.8. The molecule has 0 aliphatic rings. The molecule has 0 saturated heterocycles. The van der Waals surface area contributed by atoms with E-state index >= 15 is 0 Å². The van der Waals surface area contributed by atoms with Gasteiger partial charge in [-0.05, 0) is 38.6 Å². The average molecular weight is 532 g/mol. The van der Waals surface area contributed by atoms with Gasteiger partial charge in [0.05, 0.1) is 13.2 Å². The monoisotopic (exact) mass is 532 g/mol. The summed E-state index contributed by atoms with van der Waals surface area (Å²) in [5, 5.41) is 6.31. The number of aryl methyl sites for hydroxylation is 1. The minimum atomic E-state index is -4.17. The molecule has 1 aromatic rings. The van der Waals surface area contributed by atoms with Crippen LogP contribution >= 0.6 is 24.0 Å². The van der Waals surface area contributed by atoms with Crippen molar-refractivity contribution >= 4 is 29.9 Å². The van der Waals surface area contributed by atoms with E-state index in [1.807, 2.05) is 25.1 Å². The molecule has 0 atom stereocenters. The lowest BCUT2D eigenvalue weighted by Gasteiger charge is -2.19. The molecule has 1 rings (SSSR count). The first kappa shape index (κ1) is 27.7. The first-order chi connectivity index (χ1) is 13.2. The van der Waals surface area contributed by atoms with Crippen molar-refractivity contribution in [1.29, 1.82) is 0 Å². The molecule has 0 aliphatic heterocycles. The van der Waals surface area contributed by atoms with Crippen LogP contribution in [0.25, 0.3) is 0 Å². The number of hydrogen-bond acceptors (Lipinski definition) is 4. The molecule has 0 heterocycles. The smallest absolute Gasteiger partial charge is 0.401 e. The highest BCUT2D eigenvalue weighted by Gasteiger charge is 2.28. The maximum Gasteiger partial charge on any atom is 0.401 e. The van der Waals surface area contributed by atoms with E-state index in [4.69, 9.17) is 9.47 Å². The SMILES string of the molecule is CN=C(NCCCN(C)CC(F)(F)F)NCc1ccc(C)cc1OCCOC.I. The second kappa shape index (κ2) is 14.7. The number of halogens is 4. The fourth-order valence-electron chi connectivity index (χ4n) is 2.52. The van der Waals surface area contributed by atoms with Gasteiger partial charge in [0, 0.05) is 32.8 Å². The second-order valence-corrected chi connectivity index (χ2v) is 6.51. The van der Waals surface area contributed by atoms with Crippen molar-refractivity contribution in [3.8, 4) is 5.75 Å².